The average Bonchev–Trinajstić information content (AvgIpc) is 3.24. The summed E-state index contributed by atoms with van der Waals surface area (Å²) in [5, 5.41) is 12.7. The molecule has 1 unspecified atom stereocenters. The molecule has 2 fully saturated rings. The molecule has 1 N–H and O–H groups in total. The van der Waals surface area contributed by atoms with Crippen LogP contribution in [0, 0.1) is 29.1 Å². The molecule has 0 saturated heterocycles. The number of nitrogens with one attached hydrogen (secondary N) is 1. The van der Waals surface area contributed by atoms with Crippen LogP contribution in [0.1, 0.15) is 45.4 Å². The van der Waals surface area contributed by atoms with Gasteiger partial charge in [-0.25, -0.2) is 0 Å². The fourth-order valence-corrected chi connectivity index (χ4v) is 3.76. The highest BCUT2D eigenvalue weighted by Crippen LogP contribution is 2.38. The Morgan fingerprint density at radius 2 is 1.74 bits per heavy atom. The van der Waals surface area contributed by atoms with Crippen molar-refractivity contribution in [3.63, 3.8) is 0 Å². The van der Waals surface area contributed by atoms with E-state index < -0.39 is 0 Å². The van der Waals surface area contributed by atoms with Crippen molar-refractivity contribution in [3.05, 3.63) is 23.8 Å². The van der Waals surface area contributed by atoms with Crippen LogP contribution in [-0.2, 0) is 0 Å². The summed E-state index contributed by atoms with van der Waals surface area (Å²) in [4.78, 5) is 0. The van der Waals surface area contributed by atoms with E-state index in [0.29, 0.717) is 11.8 Å². The van der Waals surface area contributed by atoms with Crippen LogP contribution in [0.3, 0.4) is 0 Å². The van der Waals surface area contributed by atoms with Crippen molar-refractivity contribution in [2.75, 3.05) is 0 Å². The molecule has 0 amide bonds. The molecule has 0 bridgehead atoms. The molecule has 0 aliphatic heterocycles. The molecule has 19 heavy (non-hydrogen) atoms. The Hall–Kier alpha value is -1.07. The number of nitriles is 1. The van der Waals surface area contributed by atoms with E-state index in [4.69, 9.17) is 5.26 Å². The van der Waals surface area contributed by atoms with Gasteiger partial charge in [0.2, 0.25) is 0 Å². The highest BCUT2D eigenvalue weighted by atomic mass is 15.0. The minimum absolute atomic E-state index is 0.526. The fraction of sp³-hybridized carbons (Fsp3) is 0.706. The Morgan fingerprint density at radius 3 is 2.26 bits per heavy atom. The van der Waals surface area contributed by atoms with E-state index in [-0.39, 0.29) is 0 Å². The Bertz CT molecular complexity index is 417. The summed E-state index contributed by atoms with van der Waals surface area (Å²) in [6.45, 7) is 2.26. The molecule has 2 heteroatoms. The third kappa shape index (κ3) is 3.09. The van der Waals surface area contributed by atoms with Gasteiger partial charge in [0.1, 0.15) is 0 Å². The zero-order chi connectivity index (χ0) is 13.2. The third-order valence-corrected chi connectivity index (χ3v) is 5.04. The predicted molar refractivity (Wildman–Crippen MR) is 77.4 cm³/mol. The van der Waals surface area contributed by atoms with Crippen LogP contribution < -0.4 is 5.32 Å². The van der Waals surface area contributed by atoms with Crippen LogP contribution in [0.4, 0.5) is 0 Å². The first-order valence-electron chi connectivity index (χ1n) is 7.82. The number of rotatable bonds is 3. The van der Waals surface area contributed by atoms with Gasteiger partial charge in [0.05, 0.1) is 6.07 Å². The monoisotopic (exact) mass is 256 g/mol. The quantitative estimate of drug-likeness (QED) is 0.838. The lowest BCUT2D eigenvalue weighted by atomic mass is 9.71. The van der Waals surface area contributed by atoms with Crippen LogP contribution in [0.25, 0.3) is 0 Å². The smallest absolute Gasteiger partial charge is 0.0988 e. The van der Waals surface area contributed by atoms with Gasteiger partial charge in [-0.2, -0.15) is 5.26 Å². The van der Waals surface area contributed by atoms with Gasteiger partial charge in [-0.1, -0.05) is 19.1 Å². The SMILES string of the molecule is CC1C=C(C#N)C=C[C@H]1C1CCC(NC2CC2)CC1. The van der Waals surface area contributed by atoms with Gasteiger partial charge in [-0.15, -0.1) is 0 Å². The summed E-state index contributed by atoms with van der Waals surface area (Å²) in [7, 11) is 0. The molecule has 3 rings (SSSR count). The van der Waals surface area contributed by atoms with Crippen molar-refractivity contribution in [3.8, 4) is 6.07 Å². The first kappa shape index (κ1) is 12.9. The lowest BCUT2D eigenvalue weighted by molar-refractivity contribution is 0.218. The third-order valence-electron chi connectivity index (χ3n) is 5.04. The normalized spacial score (nSPS) is 38.6. The van der Waals surface area contributed by atoms with Gasteiger partial charge in [-0.05, 0) is 62.4 Å². The summed E-state index contributed by atoms with van der Waals surface area (Å²) >= 11 is 0. The molecule has 2 saturated carbocycles. The zero-order valence-corrected chi connectivity index (χ0v) is 11.8. The Morgan fingerprint density at radius 1 is 1.11 bits per heavy atom. The van der Waals surface area contributed by atoms with Crippen molar-refractivity contribution in [2.45, 2.75) is 57.5 Å². The fourth-order valence-electron chi connectivity index (χ4n) is 3.76. The van der Waals surface area contributed by atoms with Crippen LogP contribution in [0.5, 0.6) is 0 Å². The van der Waals surface area contributed by atoms with E-state index in [1.165, 1.54) is 38.5 Å². The minimum Gasteiger partial charge on any atom is -0.311 e. The molecule has 0 aromatic carbocycles. The van der Waals surface area contributed by atoms with Gasteiger partial charge in [0, 0.05) is 17.7 Å². The van der Waals surface area contributed by atoms with E-state index in [1.54, 1.807) is 0 Å². The van der Waals surface area contributed by atoms with Crippen molar-refractivity contribution in [2.24, 2.45) is 17.8 Å². The molecular formula is C17H24N2. The molecule has 3 aliphatic carbocycles. The minimum atomic E-state index is 0.526. The maximum absolute atomic E-state index is 8.95. The lowest BCUT2D eigenvalue weighted by Crippen LogP contribution is -2.36. The van der Waals surface area contributed by atoms with Gasteiger partial charge in [0.25, 0.3) is 0 Å². The summed E-state index contributed by atoms with van der Waals surface area (Å²) in [6, 6.07) is 3.88. The van der Waals surface area contributed by atoms with E-state index in [2.05, 4.69) is 30.5 Å². The van der Waals surface area contributed by atoms with Gasteiger partial charge in [-0.3, -0.25) is 0 Å². The number of allylic oxidation sites excluding steroid dienone is 4. The largest absolute Gasteiger partial charge is 0.311 e. The first-order valence-corrected chi connectivity index (χ1v) is 7.82. The second kappa shape index (κ2) is 5.51. The molecule has 2 nitrogen and oxygen atoms in total. The maximum Gasteiger partial charge on any atom is 0.0988 e. The van der Waals surface area contributed by atoms with Crippen molar-refractivity contribution in [1.29, 1.82) is 5.26 Å². The Kier molecular flexibility index (Phi) is 3.75. The van der Waals surface area contributed by atoms with Gasteiger partial charge >= 0.3 is 0 Å². The standard InChI is InChI=1S/C17H24N2/c1-12-10-13(11-18)2-9-17(12)14-3-5-15(6-4-14)19-16-7-8-16/h2,9-10,12,14-17,19H,3-8H2,1H3/t12?,14?,15?,17-/m1/s1. The Balaban J connectivity index is 1.52. The molecule has 2 atom stereocenters. The highest BCUT2D eigenvalue weighted by Gasteiger charge is 2.32. The summed E-state index contributed by atoms with van der Waals surface area (Å²) in [5.74, 6) is 2.00. The van der Waals surface area contributed by atoms with Crippen molar-refractivity contribution < 1.29 is 0 Å². The molecule has 0 heterocycles. The summed E-state index contributed by atoms with van der Waals surface area (Å²) < 4.78 is 0. The molecular weight excluding hydrogens is 232 g/mol. The molecule has 0 aromatic heterocycles. The summed E-state index contributed by atoms with van der Waals surface area (Å²) in [5.41, 5.74) is 0.841. The number of hydrogen-bond donors (Lipinski definition) is 1. The van der Waals surface area contributed by atoms with Crippen LogP contribution >= 0.6 is 0 Å². The molecule has 0 radical (unpaired) electrons. The predicted octanol–water partition coefficient (Wildman–Crippen LogP) is 3.57. The van der Waals surface area contributed by atoms with Crippen LogP contribution in [0.15, 0.2) is 23.8 Å². The lowest BCUT2D eigenvalue weighted by Gasteiger charge is -2.36. The maximum atomic E-state index is 8.95. The van der Waals surface area contributed by atoms with Crippen LogP contribution in [0.2, 0.25) is 0 Å². The van der Waals surface area contributed by atoms with E-state index in [1.807, 2.05) is 6.08 Å². The first-order chi connectivity index (χ1) is 9.26. The average molecular weight is 256 g/mol. The number of nitrogens with zero attached hydrogens (tertiary/aromatic N) is 1. The molecule has 0 aromatic rings. The molecule has 102 valence electrons. The second-order valence-corrected chi connectivity index (χ2v) is 6.58. The molecule has 3 aliphatic rings. The second-order valence-electron chi connectivity index (χ2n) is 6.58. The zero-order valence-electron chi connectivity index (χ0n) is 11.8. The van der Waals surface area contributed by atoms with Gasteiger partial charge in [0.15, 0.2) is 0 Å². The highest BCUT2D eigenvalue weighted by molar-refractivity contribution is 5.36. The van der Waals surface area contributed by atoms with E-state index >= 15 is 0 Å². The van der Waals surface area contributed by atoms with Crippen molar-refractivity contribution >= 4 is 0 Å². The molecule has 0 spiro atoms. The van der Waals surface area contributed by atoms with Gasteiger partial charge < -0.3 is 5.32 Å². The van der Waals surface area contributed by atoms with Crippen molar-refractivity contribution in [1.82, 2.24) is 5.32 Å². The van der Waals surface area contributed by atoms with E-state index in [0.717, 1.165) is 23.6 Å². The topological polar surface area (TPSA) is 35.8 Å². The summed E-state index contributed by atoms with van der Waals surface area (Å²) in [6.07, 6.45) is 14.6. The van der Waals surface area contributed by atoms with E-state index in [9.17, 15) is 0 Å². The Labute approximate surface area is 116 Å². The number of hydrogen-bond acceptors (Lipinski definition) is 2. The van der Waals surface area contributed by atoms with Crippen LogP contribution in [-0.4, -0.2) is 12.1 Å².